The van der Waals surface area contributed by atoms with E-state index in [9.17, 15) is 14.4 Å². The molecule has 2 N–H and O–H groups in total. The summed E-state index contributed by atoms with van der Waals surface area (Å²) in [5, 5.41) is 6.20. The second kappa shape index (κ2) is 9.49. The molecule has 1 unspecified atom stereocenters. The van der Waals surface area contributed by atoms with Crippen molar-refractivity contribution in [2.24, 2.45) is 0 Å². The molecule has 8 nitrogen and oxygen atoms in total. The van der Waals surface area contributed by atoms with Gasteiger partial charge in [0, 0.05) is 19.1 Å². The first-order valence-corrected chi connectivity index (χ1v) is 11.0. The highest BCUT2D eigenvalue weighted by Crippen LogP contribution is 2.27. The Morgan fingerprint density at radius 2 is 2.10 bits per heavy atom. The molecule has 3 rings (SSSR count). The predicted octanol–water partition coefficient (Wildman–Crippen LogP) is 1.51. The maximum atomic E-state index is 12.9. The van der Waals surface area contributed by atoms with Crippen LogP contribution in [0.4, 0.5) is 0 Å². The topological polar surface area (TPSA) is 96.3 Å². The van der Waals surface area contributed by atoms with Crippen molar-refractivity contribution in [1.82, 2.24) is 25.1 Å². The highest BCUT2D eigenvalue weighted by atomic mass is 32.1. The van der Waals surface area contributed by atoms with Gasteiger partial charge in [0.1, 0.15) is 11.4 Å². The highest BCUT2D eigenvalue weighted by molar-refractivity contribution is 7.20. The van der Waals surface area contributed by atoms with Crippen LogP contribution in [0.5, 0.6) is 0 Å². The van der Waals surface area contributed by atoms with Gasteiger partial charge >= 0.3 is 0 Å². The molecule has 158 valence electrons. The van der Waals surface area contributed by atoms with Gasteiger partial charge in [-0.3, -0.25) is 23.9 Å². The molecule has 29 heavy (non-hydrogen) atoms. The van der Waals surface area contributed by atoms with Gasteiger partial charge in [0.25, 0.3) is 11.5 Å². The number of amides is 2. The van der Waals surface area contributed by atoms with Crippen LogP contribution >= 0.6 is 11.3 Å². The van der Waals surface area contributed by atoms with Crippen LogP contribution in [0.25, 0.3) is 10.2 Å². The number of likely N-dealkylation sites (tertiary alicyclic amines) is 1. The summed E-state index contributed by atoms with van der Waals surface area (Å²) in [6, 6.07) is 0.371. The minimum Gasteiger partial charge on any atom is -0.355 e. The molecule has 0 saturated carbocycles. The quantitative estimate of drug-likeness (QED) is 0.676. The number of nitrogens with one attached hydrogen (secondary N) is 2. The zero-order valence-electron chi connectivity index (χ0n) is 17.3. The van der Waals surface area contributed by atoms with E-state index in [0.717, 1.165) is 32.4 Å². The van der Waals surface area contributed by atoms with Crippen LogP contribution in [0.2, 0.25) is 0 Å². The molecular weight excluding hydrogens is 390 g/mol. The first-order valence-electron chi connectivity index (χ1n) is 10.2. The molecule has 1 saturated heterocycles. The van der Waals surface area contributed by atoms with E-state index in [1.807, 2.05) is 6.92 Å². The van der Waals surface area contributed by atoms with E-state index in [2.05, 4.69) is 27.4 Å². The normalized spacial score (nSPS) is 17.0. The van der Waals surface area contributed by atoms with Crippen LogP contribution in [-0.4, -0.2) is 58.5 Å². The Labute approximate surface area is 174 Å². The summed E-state index contributed by atoms with van der Waals surface area (Å²) in [5.41, 5.74) is 0.337. The van der Waals surface area contributed by atoms with Gasteiger partial charge in [0.15, 0.2) is 0 Å². The number of rotatable bonds is 8. The number of thiophene rings is 1. The number of carbonyl (C=O) groups is 2. The first kappa shape index (κ1) is 21.4. The lowest BCUT2D eigenvalue weighted by atomic mass is 10.2. The van der Waals surface area contributed by atoms with Crippen molar-refractivity contribution in [1.29, 1.82) is 0 Å². The molecule has 2 aromatic heterocycles. The first-order chi connectivity index (χ1) is 14.0. The Morgan fingerprint density at radius 1 is 1.31 bits per heavy atom. The average molecular weight is 420 g/mol. The van der Waals surface area contributed by atoms with E-state index >= 15 is 0 Å². The van der Waals surface area contributed by atoms with Crippen molar-refractivity contribution in [3.8, 4) is 0 Å². The number of carbonyl (C=O) groups excluding carboxylic acids is 2. The van der Waals surface area contributed by atoms with Gasteiger partial charge in [-0.15, -0.1) is 11.3 Å². The van der Waals surface area contributed by atoms with Crippen LogP contribution in [0, 0.1) is 6.92 Å². The lowest BCUT2D eigenvalue weighted by Crippen LogP contribution is -2.40. The van der Waals surface area contributed by atoms with Crippen LogP contribution in [-0.2, 0) is 11.3 Å². The third-order valence-corrected chi connectivity index (χ3v) is 6.61. The molecule has 3 heterocycles. The van der Waals surface area contributed by atoms with E-state index in [1.165, 1.54) is 22.2 Å². The number of hydrogen-bond acceptors (Lipinski definition) is 6. The molecular formula is C20H29N5O3S. The van der Waals surface area contributed by atoms with E-state index < -0.39 is 0 Å². The summed E-state index contributed by atoms with van der Waals surface area (Å²) < 4.78 is 1.30. The Balaban J connectivity index is 1.77. The number of fused-ring (bicyclic) bond motifs is 1. The van der Waals surface area contributed by atoms with Gasteiger partial charge in [-0.05, 0) is 44.8 Å². The Hall–Kier alpha value is -2.26. The summed E-state index contributed by atoms with van der Waals surface area (Å²) in [5.74, 6) is -0.391. The zero-order chi connectivity index (χ0) is 21.0. The smallest absolute Gasteiger partial charge is 0.262 e. The average Bonchev–Trinajstić information content (AvgIpc) is 3.31. The summed E-state index contributed by atoms with van der Waals surface area (Å²) in [6.45, 7) is 9.03. The van der Waals surface area contributed by atoms with Crippen molar-refractivity contribution < 1.29 is 9.59 Å². The molecule has 1 atom stereocenters. The molecule has 1 aliphatic rings. The summed E-state index contributed by atoms with van der Waals surface area (Å²) in [6.07, 6.45) is 4.46. The SMILES string of the molecule is CCCNC(=O)Cn1cnc2sc(C(=O)NCC3CCCN3CC)c(C)c2c1=O. The fourth-order valence-corrected chi connectivity index (χ4v) is 4.85. The number of aryl methyl sites for hydroxylation is 1. The van der Waals surface area contributed by atoms with Gasteiger partial charge in [0.05, 0.1) is 16.6 Å². The van der Waals surface area contributed by atoms with Crippen LogP contribution in [0.3, 0.4) is 0 Å². The third kappa shape index (κ3) is 4.67. The second-order valence-corrected chi connectivity index (χ2v) is 8.40. The Kier molecular flexibility index (Phi) is 7.02. The molecule has 0 aromatic carbocycles. The Bertz CT molecular complexity index is 951. The monoisotopic (exact) mass is 419 g/mol. The zero-order valence-corrected chi connectivity index (χ0v) is 18.1. The molecule has 2 aromatic rings. The van der Waals surface area contributed by atoms with Gasteiger partial charge in [0.2, 0.25) is 5.91 Å². The largest absolute Gasteiger partial charge is 0.355 e. The minimum absolute atomic E-state index is 0.0763. The van der Waals surface area contributed by atoms with E-state index in [1.54, 1.807) is 6.92 Å². The molecule has 9 heteroatoms. The molecule has 0 radical (unpaired) electrons. The highest BCUT2D eigenvalue weighted by Gasteiger charge is 2.25. The fraction of sp³-hybridized carbons (Fsp3) is 0.600. The van der Waals surface area contributed by atoms with Crippen molar-refractivity contribution in [3.05, 3.63) is 27.1 Å². The van der Waals surface area contributed by atoms with Crippen molar-refractivity contribution in [2.45, 2.75) is 52.6 Å². The summed E-state index contributed by atoms with van der Waals surface area (Å²) in [7, 11) is 0. The molecule has 0 spiro atoms. The second-order valence-electron chi connectivity index (χ2n) is 7.40. The number of aromatic nitrogens is 2. The molecule has 0 bridgehead atoms. The molecule has 1 fully saturated rings. The van der Waals surface area contributed by atoms with Crippen molar-refractivity contribution >= 4 is 33.4 Å². The standard InChI is InChI=1S/C20H29N5O3S/c1-4-8-21-15(26)11-25-12-23-19-16(20(25)28)13(3)17(29-19)18(27)22-10-14-7-6-9-24(14)5-2/h12,14H,4-11H2,1-3H3,(H,21,26)(H,22,27). The third-order valence-electron chi connectivity index (χ3n) is 5.41. The maximum absolute atomic E-state index is 12.9. The van der Waals surface area contributed by atoms with Crippen LogP contribution in [0.1, 0.15) is 48.3 Å². The van der Waals surface area contributed by atoms with Crippen LogP contribution < -0.4 is 16.2 Å². The lowest BCUT2D eigenvalue weighted by Gasteiger charge is -2.22. The van der Waals surface area contributed by atoms with Gasteiger partial charge < -0.3 is 10.6 Å². The summed E-state index contributed by atoms with van der Waals surface area (Å²) in [4.78, 5) is 45.3. The van der Waals surface area contributed by atoms with E-state index in [0.29, 0.717) is 39.8 Å². The number of nitrogens with zero attached hydrogens (tertiary/aromatic N) is 3. The van der Waals surface area contributed by atoms with Crippen LogP contribution in [0.15, 0.2) is 11.1 Å². The number of hydrogen-bond donors (Lipinski definition) is 2. The molecule has 1 aliphatic heterocycles. The van der Waals surface area contributed by atoms with Gasteiger partial charge in [-0.1, -0.05) is 13.8 Å². The molecule has 2 amide bonds. The maximum Gasteiger partial charge on any atom is 0.262 e. The van der Waals surface area contributed by atoms with Crippen molar-refractivity contribution in [3.63, 3.8) is 0 Å². The number of likely N-dealkylation sites (N-methyl/N-ethyl adjacent to an activating group) is 1. The van der Waals surface area contributed by atoms with E-state index in [4.69, 9.17) is 0 Å². The van der Waals surface area contributed by atoms with Gasteiger partial charge in [-0.25, -0.2) is 4.98 Å². The Morgan fingerprint density at radius 3 is 2.83 bits per heavy atom. The molecule has 0 aliphatic carbocycles. The predicted molar refractivity (Wildman–Crippen MR) is 115 cm³/mol. The van der Waals surface area contributed by atoms with Crippen molar-refractivity contribution in [2.75, 3.05) is 26.2 Å². The minimum atomic E-state index is -0.289. The fourth-order valence-electron chi connectivity index (χ4n) is 3.80. The van der Waals surface area contributed by atoms with Gasteiger partial charge in [-0.2, -0.15) is 0 Å². The van der Waals surface area contributed by atoms with E-state index in [-0.39, 0.29) is 23.9 Å². The lowest BCUT2D eigenvalue weighted by molar-refractivity contribution is -0.121. The summed E-state index contributed by atoms with van der Waals surface area (Å²) >= 11 is 1.23.